The summed E-state index contributed by atoms with van der Waals surface area (Å²) >= 11 is 0. The largest absolute Gasteiger partial charge is 0.394 e. The number of urea groups is 1. The van der Waals surface area contributed by atoms with E-state index in [9.17, 15) is 15.0 Å². The molecule has 5 N–H and O–H groups in total. The Kier molecular flexibility index (Phi) is 5.09. The Labute approximate surface area is 98.5 Å². The summed E-state index contributed by atoms with van der Waals surface area (Å²) in [7, 11) is 2.72. The number of hydrogen-bond acceptors (Lipinski definition) is 6. The van der Waals surface area contributed by atoms with Gasteiger partial charge in [0.1, 0.15) is 18.3 Å². The molecule has 0 aromatic rings. The van der Waals surface area contributed by atoms with Gasteiger partial charge < -0.3 is 35.4 Å². The average Bonchev–Trinajstić information content (AvgIpc) is 2.34. The highest BCUT2D eigenvalue weighted by molar-refractivity contribution is 5.74. The molecule has 0 spiro atoms. The maximum atomic E-state index is 11.2. The van der Waals surface area contributed by atoms with Crippen LogP contribution in [-0.4, -0.2) is 72.8 Å². The molecule has 1 heterocycles. The predicted molar refractivity (Wildman–Crippen MR) is 56.1 cm³/mol. The van der Waals surface area contributed by atoms with E-state index in [0.717, 1.165) is 0 Å². The van der Waals surface area contributed by atoms with Crippen molar-refractivity contribution in [3.05, 3.63) is 0 Å². The number of rotatable bonds is 3. The Morgan fingerprint density at radius 3 is 2.53 bits per heavy atom. The molecule has 100 valence electrons. The zero-order chi connectivity index (χ0) is 13.0. The number of amides is 2. The van der Waals surface area contributed by atoms with E-state index in [1.165, 1.54) is 14.2 Å². The van der Waals surface area contributed by atoms with Crippen LogP contribution in [0, 0.1) is 0 Å². The number of carbonyl (C=O) groups is 1. The lowest BCUT2D eigenvalue weighted by molar-refractivity contribution is -0.270. The van der Waals surface area contributed by atoms with Crippen molar-refractivity contribution in [3.8, 4) is 0 Å². The number of nitrogens with one attached hydrogen (secondary N) is 2. The number of aliphatic hydroxyl groups excluding tert-OH is 3. The molecule has 0 radical (unpaired) electrons. The fraction of sp³-hybridized carbons (Fsp3) is 0.889. The highest BCUT2D eigenvalue weighted by Crippen LogP contribution is 2.21. The number of hydrogen-bond donors (Lipinski definition) is 5. The lowest BCUT2D eigenvalue weighted by Gasteiger charge is -2.41. The van der Waals surface area contributed by atoms with Crippen LogP contribution in [0.25, 0.3) is 0 Å². The quantitative estimate of drug-likeness (QED) is 0.374. The molecule has 0 saturated carbocycles. The first kappa shape index (κ1) is 14.1. The molecule has 0 aromatic heterocycles. The molecule has 0 unspecified atom stereocenters. The van der Waals surface area contributed by atoms with E-state index in [4.69, 9.17) is 14.6 Å². The Morgan fingerprint density at radius 2 is 2.06 bits per heavy atom. The van der Waals surface area contributed by atoms with Crippen molar-refractivity contribution in [2.45, 2.75) is 30.6 Å². The number of methoxy groups -OCH3 is 1. The second kappa shape index (κ2) is 6.12. The van der Waals surface area contributed by atoms with Crippen LogP contribution in [0.1, 0.15) is 0 Å². The first-order valence-corrected chi connectivity index (χ1v) is 5.18. The second-order valence-corrected chi connectivity index (χ2v) is 3.69. The zero-order valence-electron chi connectivity index (χ0n) is 9.66. The Bertz CT molecular complexity index is 248. The normalized spacial score (nSPS) is 37.6. The number of carbonyl (C=O) groups excluding carboxylic acids is 1. The molecule has 1 aliphatic rings. The Hall–Kier alpha value is -0.930. The van der Waals surface area contributed by atoms with E-state index in [0.29, 0.717) is 0 Å². The topological polar surface area (TPSA) is 120 Å². The maximum absolute atomic E-state index is 11.2. The van der Waals surface area contributed by atoms with Crippen LogP contribution in [0.2, 0.25) is 0 Å². The summed E-state index contributed by atoms with van der Waals surface area (Å²) in [5.41, 5.74) is 0. The van der Waals surface area contributed by atoms with Crippen molar-refractivity contribution < 1.29 is 29.6 Å². The van der Waals surface area contributed by atoms with Crippen LogP contribution in [-0.2, 0) is 9.47 Å². The van der Waals surface area contributed by atoms with Gasteiger partial charge in [-0.3, -0.25) is 0 Å². The van der Waals surface area contributed by atoms with Crippen LogP contribution in [0.15, 0.2) is 0 Å². The molecular formula is C9H18N2O6. The lowest BCUT2D eigenvalue weighted by Crippen LogP contribution is -2.65. The van der Waals surface area contributed by atoms with E-state index in [1.54, 1.807) is 0 Å². The molecule has 1 aliphatic heterocycles. The minimum atomic E-state index is -1.23. The monoisotopic (exact) mass is 250 g/mol. The molecule has 8 nitrogen and oxygen atoms in total. The van der Waals surface area contributed by atoms with Gasteiger partial charge in [-0.05, 0) is 0 Å². The molecule has 17 heavy (non-hydrogen) atoms. The molecule has 1 fully saturated rings. The molecule has 1 saturated heterocycles. The summed E-state index contributed by atoms with van der Waals surface area (Å²) in [5, 5.41) is 33.3. The summed E-state index contributed by atoms with van der Waals surface area (Å²) in [5.74, 6) is 0. The number of aliphatic hydroxyl groups is 3. The van der Waals surface area contributed by atoms with Crippen molar-refractivity contribution >= 4 is 6.03 Å². The highest BCUT2D eigenvalue weighted by atomic mass is 16.7. The molecule has 0 bridgehead atoms. The fourth-order valence-corrected chi connectivity index (χ4v) is 1.68. The molecule has 0 aliphatic carbocycles. The van der Waals surface area contributed by atoms with Crippen LogP contribution in [0.3, 0.4) is 0 Å². The van der Waals surface area contributed by atoms with Crippen LogP contribution < -0.4 is 10.6 Å². The summed E-state index contributed by atoms with van der Waals surface area (Å²) in [6.45, 7) is -0.445. The zero-order valence-corrected chi connectivity index (χ0v) is 9.66. The third kappa shape index (κ3) is 3.05. The Morgan fingerprint density at radius 1 is 1.41 bits per heavy atom. The van der Waals surface area contributed by atoms with Gasteiger partial charge >= 0.3 is 6.03 Å². The van der Waals surface area contributed by atoms with Gasteiger partial charge in [0.05, 0.1) is 12.6 Å². The lowest BCUT2D eigenvalue weighted by atomic mass is 9.96. The van der Waals surface area contributed by atoms with Gasteiger partial charge in [-0.1, -0.05) is 0 Å². The van der Waals surface area contributed by atoms with E-state index in [2.05, 4.69) is 10.6 Å². The van der Waals surface area contributed by atoms with Gasteiger partial charge in [0.25, 0.3) is 0 Å². The maximum Gasteiger partial charge on any atom is 0.314 e. The smallest absolute Gasteiger partial charge is 0.314 e. The van der Waals surface area contributed by atoms with Crippen molar-refractivity contribution in [1.82, 2.24) is 10.6 Å². The molecular weight excluding hydrogens is 232 g/mol. The molecule has 1 rings (SSSR count). The summed E-state index contributed by atoms with van der Waals surface area (Å²) in [4.78, 5) is 11.2. The van der Waals surface area contributed by atoms with Crippen molar-refractivity contribution in [2.24, 2.45) is 0 Å². The van der Waals surface area contributed by atoms with E-state index in [1.807, 2.05) is 0 Å². The van der Waals surface area contributed by atoms with Crippen LogP contribution in [0.4, 0.5) is 4.79 Å². The SMILES string of the molecule is CNC(=O)N[C@H]1[C@H](O)[C@@H](OC)O[C@H](CO)[C@H]1O. The van der Waals surface area contributed by atoms with E-state index < -0.39 is 43.3 Å². The van der Waals surface area contributed by atoms with Gasteiger partial charge in [-0.25, -0.2) is 4.79 Å². The van der Waals surface area contributed by atoms with Gasteiger partial charge in [0, 0.05) is 14.2 Å². The van der Waals surface area contributed by atoms with Gasteiger partial charge in [0.2, 0.25) is 0 Å². The summed E-state index contributed by atoms with van der Waals surface area (Å²) in [6, 6.07) is -1.53. The summed E-state index contributed by atoms with van der Waals surface area (Å²) < 4.78 is 9.97. The first-order valence-electron chi connectivity index (χ1n) is 5.18. The Balaban J connectivity index is 2.77. The molecule has 8 heteroatoms. The van der Waals surface area contributed by atoms with Gasteiger partial charge in [-0.2, -0.15) is 0 Å². The second-order valence-electron chi connectivity index (χ2n) is 3.69. The third-order valence-electron chi connectivity index (χ3n) is 2.64. The van der Waals surface area contributed by atoms with Gasteiger partial charge in [-0.15, -0.1) is 0 Å². The van der Waals surface area contributed by atoms with Crippen molar-refractivity contribution in [2.75, 3.05) is 20.8 Å². The molecule has 2 amide bonds. The minimum Gasteiger partial charge on any atom is -0.394 e. The third-order valence-corrected chi connectivity index (χ3v) is 2.64. The standard InChI is InChI=1S/C9H18N2O6/c1-10-9(15)11-5-6(13)4(3-12)17-8(16-2)7(5)14/h4-8,12-14H,3H2,1-2H3,(H2,10,11,15)/t4-,5-,6-,7+,8+/m1/s1. The number of ether oxygens (including phenoxy) is 2. The highest BCUT2D eigenvalue weighted by Gasteiger charge is 2.45. The minimum absolute atomic E-state index is 0.445. The predicted octanol–water partition coefficient (Wildman–Crippen LogP) is -2.63. The summed E-state index contributed by atoms with van der Waals surface area (Å²) in [6.07, 6.45) is -4.39. The molecule has 0 aromatic carbocycles. The van der Waals surface area contributed by atoms with Crippen LogP contribution >= 0.6 is 0 Å². The van der Waals surface area contributed by atoms with Crippen molar-refractivity contribution in [1.29, 1.82) is 0 Å². The van der Waals surface area contributed by atoms with E-state index >= 15 is 0 Å². The van der Waals surface area contributed by atoms with E-state index in [-0.39, 0.29) is 0 Å². The fourth-order valence-electron chi connectivity index (χ4n) is 1.68. The first-order chi connectivity index (χ1) is 8.04. The molecule has 5 atom stereocenters. The van der Waals surface area contributed by atoms with Gasteiger partial charge in [0.15, 0.2) is 6.29 Å². The average molecular weight is 250 g/mol. The van der Waals surface area contributed by atoms with Crippen LogP contribution in [0.5, 0.6) is 0 Å². The van der Waals surface area contributed by atoms with Crippen molar-refractivity contribution in [3.63, 3.8) is 0 Å².